The fourth-order valence-corrected chi connectivity index (χ4v) is 2.27. The summed E-state index contributed by atoms with van der Waals surface area (Å²) in [5.41, 5.74) is 2.30. The quantitative estimate of drug-likeness (QED) is 0.883. The van der Waals surface area contributed by atoms with Gasteiger partial charge in [-0.05, 0) is 38.1 Å². The lowest BCUT2D eigenvalue weighted by Crippen LogP contribution is -2.21. The highest BCUT2D eigenvalue weighted by atomic mass is 19.1. The van der Waals surface area contributed by atoms with Gasteiger partial charge < -0.3 is 5.32 Å². The third-order valence-corrected chi connectivity index (χ3v) is 3.22. The van der Waals surface area contributed by atoms with E-state index in [0.29, 0.717) is 6.42 Å². The van der Waals surface area contributed by atoms with Crippen LogP contribution in [-0.2, 0) is 6.42 Å². The Labute approximate surface area is 112 Å². The fourth-order valence-electron chi connectivity index (χ4n) is 2.27. The minimum Gasteiger partial charge on any atom is -0.313 e. The van der Waals surface area contributed by atoms with Gasteiger partial charge in [0.25, 0.3) is 0 Å². The maximum atomic E-state index is 13.8. The van der Waals surface area contributed by atoms with Gasteiger partial charge in [0.2, 0.25) is 0 Å². The first-order chi connectivity index (χ1) is 9.11. The molecule has 0 amide bonds. The number of rotatable bonds is 4. The molecule has 0 fully saturated rings. The molecule has 0 bridgehead atoms. The van der Waals surface area contributed by atoms with Crippen molar-refractivity contribution in [2.75, 3.05) is 7.05 Å². The van der Waals surface area contributed by atoms with Crippen LogP contribution in [0, 0.1) is 18.6 Å². The van der Waals surface area contributed by atoms with E-state index in [0.717, 1.165) is 11.1 Å². The lowest BCUT2D eigenvalue weighted by molar-refractivity contribution is 0.489. The summed E-state index contributed by atoms with van der Waals surface area (Å²) in [5, 5.41) is 2.99. The number of halogens is 2. The molecule has 0 aromatic heterocycles. The summed E-state index contributed by atoms with van der Waals surface area (Å²) >= 11 is 0. The van der Waals surface area contributed by atoms with Crippen LogP contribution in [0.4, 0.5) is 8.78 Å². The summed E-state index contributed by atoms with van der Waals surface area (Å²) in [6.45, 7) is 2.00. The second-order valence-corrected chi connectivity index (χ2v) is 4.67. The van der Waals surface area contributed by atoms with Crippen LogP contribution < -0.4 is 5.32 Å². The minimum atomic E-state index is -0.507. The van der Waals surface area contributed by atoms with E-state index in [-0.39, 0.29) is 11.6 Å². The van der Waals surface area contributed by atoms with E-state index >= 15 is 0 Å². The molecule has 0 radical (unpaired) electrons. The van der Waals surface area contributed by atoms with Crippen molar-refractivity contribution in [1.82, 2.24) is 5.32 Å². The maximum absolute atomic E-state index is 13.8. The molecule has 0 aliphatic heterocycles. The van der Waals surface area contributed by atoms with Crippen molar-refractivity contribution in [3.8, 4) is 0 Å². The summed E-state index contributed by atoms with van der Waals surface area (Å²) in [6, 6.07) is 11.5. The molecule has 0 spiro atoms. The highest BCUT2D eigenvalue weighted by Crippen LogP contribution is 2.24. The predicted octanol–water partition coefficient (Wildman–Crippen LogP) is 3.78. The van der Waals surface area contributed by atoms with Crippen LogP contribution in [0.15, 0.2) is 42.5 Å². The Morgan fingerprint density at radius 2 is 1.68 bits per heavy atom. The van der Waals surface area contributed by atoms with Crippen LogP contribution in [0.1, 0.15) is 22.7 Å². The number of aryl methyl sites for hydroxylation is 1. The van der Waals surface area contributed by atoms with E-state index in [1.807, 2.05) is 31.2 Å². The second kappa shape index (κ2) is 5.93. The van der Waals surface area contributed by atoms with Gasteiger partial charge in [-0.1, -0.05) is 35.9 Å². The second-order valence-electron chi connectivity index (χ2n) is 4.67. The molecular weight excluding hydrogens is 244 g/mol. The molecule has 1 N–H and O–H groups in total. The topological polar surface area (TPSA) is 12.0 Å². The fraction of sp³-hybridized carbons (Fsp3) is 0.250. The molecule has 1 nitrogen and oxygen atoms in total. The first kappa shape index (κ1) is 13.7. The van der Waals surface area contributed by atoms with Crippen molar-refractivity contribution in [3.63, 3.8) is 0 Å². The van der Waals surface area contributed by atoms with Gasteiger partial charge in [0.15, 0.2) is 0 Å². The molecule has 1 atom stereocenters. The lowest BCUT2D eigenvalue weighted by atomic mass is 9.97. The third kappa shape index (κ3) is 3.18. The van der Waals surface area contributed by atoms with E-state index in [4.69, 9.17) is 0 Å². The zero-order chi connectivity index (χ0) is 13.8. The predicted molar refractivity (Wildman–Crippen MR) is 73.0 cm³/mol. The number of benzene rings is 2. The highest BCUT2D eigenvalue weighted by Gasteiger charge is 2.18. The van der Waals surface area contributed by atoms with Crippen LogP contribution in [0.3, 0.4) is 0 Å². The van der Waals surface area contributed by atoms with Crippen LogP contribution in [0.2, 0.25) is 0 Å². The number of hydrogen-bond acceptors (Lipinski definition) is 1. The van der Waals surface area contributed by atoms with Gasteiger partial charge in [0.05, 0.1) is 0 Å². The molecule has 0 heterocycles. The average Bonchev–Trinajstić information content (AvgIpc) is 2.37. The molecule has 100 valence electrons. The smallest absolute Gasteiger partial charge is 0.130 e. The Morgan fingerprint density at radius 1 is 1.05 bits per heavy atom. The molecule has 0 aliphatic rings. The minimum absolute atomic E-state index is 0.103. The van der Waals surface area contributed by atoms with E-state index < -0.39 is 11.6 Å². The number of likely N-dealkylation sites (N-methyl/N-ethyl adjacent to an activating group) is 1. The molecule has 2 aromatic carbocycles. The van der Waals surface area contributed by atoms with Gasteiger partial charge >= 0.3 is 0 Å². The summed E-state index contributed by atoms with van der Waals surface area (Å²) < 4.78 is 27.6. The normalized spacial score (nSPS) is 12.4. The first-order valence-electron chi connectivity index (χ1n) is 6.28. The molecule has 2 rings (SSSR count). The van der Waals surface area contributed by atoms with Gasteiger partial charge in [0.1, 0.15) is 11.6 Å². The SMILES string of the molecule is CNC(Cc1cccc(C)c1)c1c(F)cccc1F. The Hall–Kier alpha value is -1.74. The molecule has 0 aliphatic carbocycles. The van der Waals surface area contributed by atoms with Gasteiger partial charge in [-0.15, -0.1) is 0 Å². The number of nitrogens with one attached hydrogen (secondary N) is 1. The zero-order valence-corrected chi connectivity index (χ0v) is 11.1. The van der Waals surface area contributed by atoms with Crippen LogP contribution in [0.5, 0.6) is 0 Å². The van der Waals surface area contributed by atoms with Crippen molar-refractivity contribution in [1.29, 1.82) is 0 Å². The van der Waals surface area contributed by atoms with Crippen molar-refractivity contribution < 1.29 is 8.78 Å². The highest BCUT2D eigenvalue weighted by molar-refractivity contribution is 5.28. The standard InChI is InChI=1S/C16H17F2N/c1-11-5-3-6-12(9-11)10-15(19-2)16-13(17)7-4-8-14(16)18/h3-9,15,19H,10H2,1-2H3. The lowest BCUT2D eigenvalue weighted by Gasteiger charge is -2.18. The van der Waals surface area contributed by atoms with Gasteiger partial charge in [-0.2, -0.15) is 0 Å². The summed E-state index contributed by atoms with van der Waals surface area (Å²) in [4.78, 5) is 0. The van der Waals surface area contributed by atoms with Crippen molar-refractivity contribution in [2.24, 2.45) is 0 Å². The van der Waals surface area contributed by atoms with Crippen molar-refractivity contribution in [2.45, 2.75) is 19.4 Å². The van der Waals surface area contributed by atoms with Gasteiger partial charge in [-0.25, -0.2) is 8.78 Å². The van der Waals surface area contributed by atoms with Crippen LogP contribution in [0.25, 0.3) is 0 Å². The molecule has 0 saturated heterocycles. The maximum Gasteiger partial charge on any atom is 0.130 e. The van der Waals surface area contributed by atoms with Gasteiger partial charge in [-0.3, -0.25) is 0 Å². The molecule has 3 heteroatoms. The molecule has 2 aromatic rings. The van der Waals surface area contributed by atoms with Crippen molar-refractivity contribution in [3.05, 3.63) is 70.8 Å². The summed E-state index contributed by atoms with van der Waals surface area (Å²) in [6.07, 6.45) is 0.552. The van der Waals surface area contributed by atoms with Crippen molar-refractivity contribution >= 4 is 0 Å². The zero-order valence-electron chi connectivity index (χ0n) is 11.1. The Bertz CT molecular complexity index is 546. The van der Waals surface area contributed by atoms with Crippen LogP contribution >= 0.6 is 0 Å². The van der Waals surface area contributed by atoms with Crippen LogP contribution in [-0.4, -0.2) is 7.05 Å². The Balaban J connectivity index is 2.30. The monoisotopic (exact) mass is 261 g/mol. The third-order valence-electron chi connectivity index (χ3n) is 3.22. The summed E-state index contributed by atoms with van der Waals surface area (Å²) in [5.74, 6) is -1.01. The van der Waals surface area contributed by atoms with E-state index in [1.165, 1.54) is 18.2 Å². The first-order valence-corrected chi connectivity index (χ1v) is 6.28. The Kier molecular flexibility index (Phi) is 4.27. The van der Waals surface area contributed by atoms with Gasteiger partial charge in [0, 0.05) is 11.6 Å². The Morgan fingerprint density at radius 3 is 2.26 bits per heavy atom. The van der Waals surface area contributed by atoms with E-state index in [9.17, 15) is 8.78 Å². The molecular formula is C16H17F2N. The summed E-state index contributed by atoms with van der Waals surface area (Å²) in [7, 11) is 1.71. The van der Waals surface area contributed by atoms with E-state index in [1.54, 1.807) is 7.05 Å². The molecule has 0 saturated carbocycles. The van der Waals surface area contributed by atoms with E-state index in [2.05, 4.69) is 5.32 Å². The largest absolute Gasteiger partial charge is 0.313 e. The molecule has 1 unspecified atom stereocenters. The number of hydrogen-bond donors (Lipinski definition) is 1. The average molecular weight is 261 g/mol. The molecule has 19 heavy (non-hydrogen) atoms.